The summed E-state index contributed by atoms with van der Waals surface area (Å²) in [7, 11) is 0. The maximum Gasteiger partial charge on any atom is 0.343 e. The number of phenols is 2. The number of rotatable bonds is 7. The quantitative estimate of drug-likeness (QED) is 0.0810. The Morgan fingerprint density at radius 1 is 0.822 bits per heavy atom. The van der Waals surface area contributed by atoms with Gasteiger partial charge in [-0.2, -0.15) is 0 Å². The fraction of sp³-hybridized carbons (Fsp3) is 0.371. The Bertz CT molecular complexity index is 1530. The van der Waals surface area contributed by atoms with Crippen LogP contribution in [0.15, 0.2) is 48.5 Å². The molecule has 0 aliphatic carbocycles. The van der Waals surface area contributed by atoms with E-state index in [9.17, 15) is 29.4 Å². The van der Waals surface area contributed by atoms with Gasteiger partial charge in [0.25, 0.3) is 0 Å². The van der Waals surface area contributed by atoms with Crippen molar-refractivity contribution >= 4 is 35.6 Å². The van der Waals surface area contributed by atoms with Crippen LogP contribution in [-0.2, 0) is 15.6 Å². The molecule has 0 aliphatic rings. The third-order valence-corrected chi connectivity index (χ3v) is 6.56. The van der Waals surface area contributed by atoms with Gasteiger partial charge >= 0.3 is 12.0 Å². The fourth-order valence-electron chi connectivity index (χ4n) is 4.18. The molecule has 0 fully saturated rings. The number of hydrogen-bond donors (Lipinski definition) is 5. The van der Waals surface area contributed by atoms with Gasteiger partial charge < -0.3 is 30.9 Å². The molecule has 0 spiro atoms. The Morgan fingerprint density at radius 3 is 1.84 bits per heavy atom. The van der Waals surface area contributed by atoms with Crippen molar-refractivity contribution in [2.24, 2.45) is 0 Å². The van der Waals surface area contributed by atoms with Gasteiger partial charge in [0, 0.05) is 36.2 Å². The lowest BCUT2D eigenvalue weighted by atomic mass is 9.85. The Kier molecular flexibility index (Phi) is 12.3. The smallest absolute Gasteiger partial charge is 0.343 e. The second-order valence-corrected chi connectivity index (χ2v) is 12.8. The summed E-state index contributed by atoms with van der Waals surface area (Å²) in [6, 6.07) is 12.8. The molecule has 0 saturated heterocycles. The number of anilines is 2. The number of amides is 3. The third-order valence-electron chi connectivity index (χ3n) is 6.56. The zero-order valence-electron chi connectivity index (χ0n) is 27.5. The van der Waals surface area contributed by atoms with Gasteiger partial charge in [0.1, 0.15) is 23.5 Å². The molecule has 10 nitrogen and oxygen atoms in total. The van der Waals surface area contributed by atoms with Crippen molar-refractivity contribution in [1.29, 1.82) is 0 Å². The molecule has 3 amide bonds. The summed E-state index contributed by atoms with van der Waals surface area (Å²) in [5.74, 6) is -0.582. The van der Waals surface area contributed by atoms with E-state index in [4.69, 9.17) is 4.74 Å². The zero-order valence-corrected chi connectivity index (χ0v) is 27.5. The lowest BCUT2D eigenvalue weighted by Crippen LogP contribution is -2.29. The molecule has 0 unspecified atom stereocenters. The first-order chi connectivity index (χ1) is 20.9. The van der Waals surface area contributed by atoms with Gasteiger partial charge in [-0.05, 0) is 54.5 Å². The summed E-state index contributed by atoms with van der Waals surface area (Å²) in [4.78, 5) is 46.3. The highest BCUT2D eigenvalue weighted by atomic mass is 16.5. The fourth-order valence-corrected chi connectivity index (χ4v) is 4.18. The molecular formula is C35H45N3O7. The number of aldehydes is 1. The van der Waals surface area contributed by atoms with Crippen LogP contribution >= 0.6 is 0 Å². The third kappa shape index (κ3) is 10.7. The maximum absolute atomic E-state index is 12.5. The van der Waals surface area contributed by atoms with Gasteiger partial charge in [-0.15, -0.1) is 0 Å². The van der Waals surface area contributed by atoms with Gasteiger partial charge in [0.15, 0.2) is 0 Å². The van der Waals surface area contributed by atoms with Gasteiger partial charge in [0.05, 0.1) is 16.9 Å². The zero-order chi connectivity index (χ0) is 34.1. The minimum Gasteiger partial charge on any atom is -0.505 e. The molecule has 5 N–H and O–H groups in total. The van der Waals surface area contributed by atoms with Crippen LogP contribution in [0.25, 0.3) is 0 Å². The molecule has 0 saturated carbocycles. The molecule has 0 aliphatic heterocycles. The van der Waals surface area contributed by atoms with Crippen molar-refractivity contribution in [3.8, 4) is 17.2 Å². The van der Waals surface area contributed by atoms with Crippen molar-refractivity contribution in [3.05, 3.63) is 76.3 Å². The molecule has 10 heteroatoms. The van der Waals surface area contributed by atoms with Crippen LogP contribution in [0.2, 0.25) is 0 Å². The Balaban J connectivity index is 0.000000355. The van der Waals surface area contributed by atoms with E-state index in [1.807, 2.05) is 67.5 Å². The molecule has 0 bridgehead atoms. The standard InChI is InChI=1S/C22H28N2O4.C13H17NO3/c1-6-11-23-21(27)24-18-13-16(12-17(19(18)25)22(3,4)5)28-20(26)15-9-7-14(2)8-10-15;1-8(16)14-11-6-9(7-15)5-10(12(11)17)13(2,3)4/h7-10,12-13,25H,6,11H2,1-5H3,(H2,23,24,27);5-7,17H,1-4H3,(H,14,16). The highest BCUT2D eigenvalue weighted by molar-refractivity contribution is 5.94. The van der Waals surface area contributed by atoms with E-state index in [1.54, 1.807) is 24.3 Å². The summed E-state index contributed by atoms with van der Waals surface area (Å²) < 4.78 is 5.51. The summed E-state index contributed by atoms with van der Waals surface area (Å²) in [6.45, 7) is 17.3. The van der Waals surface area contributed by atoms with Gasteiger partial charge in [-0.25, -0.2) is 9.59 Å². The number of aromatic hydroxyl groups is 2. The van der Waals surface area contributed by atoms with E-state index in [-0.39, 0.29) is 39.9 Å². The molecule has 242 valence electrons. The average molecular weight is 620 g/mol. The number of aryl methyl sites for hydroxylation is 1. The van der Waals surface area contributed by atoms with Crippen LogP contribution in [-0.4, -0.2) is 41.0 Å². The number of nitrogens with one attached hydrogen (secondary N) is 3. The number of benzene rings is 3. The number of ether oxygens (including phenoxy) is 1. The lowest BCUT2D eigenvalue weighted by molar-refractivity contribution is -0.114. The number of carbonyl (C=O) groups excluding carboxylic acids is 4. The number of phenolic OH excluding ortho intramolecular Hbond substituents is 2. The lowest BCUT2D eigenvalue weighted by Gasteiger charge is -2.23. The van der Waals surface area contributed by atoms with E-state index >= 15 is 0 Å². The van der Waals surface area contributed by atoms with E-state index in [0.717, 1.165) is 12.0 Å². The summed E-state index contributed by atoms with van der Waals surface area (Å²) in [6.07, 6.45) is 1.49. The first kappa shape index (κ1) is 36.3. The molecule has 0 atom stereocenters. The predicted molar refractivity (Wildman–Crippen MR) is 177 cm³/mol. The van der Waals surface area contributed by atoms with Crippen molar-refractivity contribution < 1.29 is 34.1 Å². The highest BCUT2D eigenvalue weighted by Crippen LogP contribution is 2.40. The minimum absolute atomic E-state index is 0.0123. The Hall–Kier alpha value is -4.86. The summed E-state index contributed by atoms with van der Waals surface area (Å²) in [5.41, 5.74) is 2.81. The second kappa shape index (κ2) is 15.2. The molecule has 3 rings (SSSR count). The highest BCUT2D eigenvalue weighted by Gasteiger charge is 2.24. The average Bonchev–Trinajstić information content (AvgIpc) is 2.93. The van der Waals surface area contributed by atoms with Gasteiger partial charge in [-0.3, -0.25) is 9.59 Å². The normalized spacial score (nSPS) is 11.0. The molecule has 3 aromatic carbocycles. The Labute approximate surface area is 265 Å². The van der Waals surface area contributed by atoms with Crippen LogP contribution in [0.5, 0.6) is 17.2 Å². The van der Waals surface area contributed by atoms with Crippen molar-refractivity contribution in [2.45, 2.75) is 79.6 Å². The first-order valence-corrected chi connectivity index (χ1v) is 14.7. The Morgan fingerprint density at radius 2 is 1.36 bits per heavy atom. The topological polar surface area (TPSA) is 154 Å². The van der Waals surface area contributed by atoms with Crippen LogP contribution in [0, 0.1) is 6.92 Å². The summed E-state index contributed by atoms with van der Waals surface area (Å²) >= 11 is 0. The van der Waals surface area contributed by atoms with E-state index in [2.05, 4.69) is 16.0 Å². The number of urea groups is 1. The van der Waals surface area contributed by atoms with E-state index < -0.39 is 17.4 Å². The van der Waals surface area contributed by atoms with Gasteiger partial charge in [-0.1, -0.05) is 66.2 Å². The van der Waals surface area contributed by atoms with Crippen LogP contribution in [0.3, 0.4) is 0 Å². The van der Waals surface area contributed by atoms with Crippen molar-refractivity contribution in [1.82, 2.24) is 5.32 Å². The van der Waals surface area contributed by atoms with Crippen LogP contribution in [0.4, 0.5) is 16.2 Å². The SMILES string of the molecule is CC(=O)Nc1cc(C=O)cc(C(C)(C)C)c1O.CCCNC(=O)Nc1cc(OC(=O)c2ccc(C)cc2)cc(C(C)(C)C)c1O. The molecule has 3 aromatic rings. The monoisotopic (exact) mass is 619 g/mol. The van der Waals surface area contributed by atoms with Gasteiger partial charge in [0.2, 0.25) is 5.91 Å². The second-order valence-electron chi connectivity index (χ2n) is 12.8. The maximum atomic E-state index is 12.5. The molecular weight excluding hydrogens is 574 g/mol. The summed E-state index contributed by atoms with van der Waals surface area (Å²) in [5, 5.41) is 28.5. The predicted octanol–water partition coefficient (Wildman–Crippen LogP) is 7.21. The van der Waals surface area contributed by atoms with E-state index in [0.29, 0.717) is 35.1 Å². The molecule has 0 radical (unpaired) electrons. The van der Waals surface area contributed by atoms with E-state index in [1.165, 1.54) is 19.1 Å². The molecule has 0 heterocycles. The number of esters is 1. The van der Waals surface area contributed by atoms with Crippen molar-refractivity contribution in [3.63, 3.8) is 0 Å². The molecule has 0 aromatic heterocycles. The first-order valence-electron chi connectivity index (χ1n) is 14.7. The molecule has 45 heavy (non-hydrogen) atoms. The minimum atomic E-state index is -0.507. The van der Waals surface area contributed by atoms with Crippen LogP contribution in [0.1, 0.15) is 99.2 Å². The van der Waals surface area contributed by atoms with Crippen molar-refractivity contribution in [2.75, 3.05) is 17.2 Å². The van der Waals surface area contributed by atoms with Crippen LogP contribution < -0.4 is 20.7 Å². The number of hydrogen-bond acceptors (Lipinski definition) is 7. The largest absolute Gasteiger partial charge is 0.505 e. The number of carbonyl (C=O) groups is 4.